The summed E-state index contributed by atoms with van der Waals surface area (Å²) in [6.07, 6.45) is 2.69. The van der Waals surface area contributed by atoms with Crippen LogP contribution in [0.2, 0.25) is 0 Å². The summed E-state index contributed by atoms with van der Waals surface area (Å²) in [6, 6.07) is 1.85. The van der Waals surface area contributed by atoms with Crippen LogP contribution in [0.4, 0.5) is 0 Å². The molecule has 5 nitrogen and oxygen atoms in total. The molecular weight excluding hydrogens is 230 g/mol. The Kier molecular flexibility index (Phi) is 4.01. The summed E-state index contributed by atoms with van der Waals surface area (Å²) in [7, 11) is 0. The number of aromatic nitrogens is 2. The minimum absolute atomic E-state index is 0.000556. The van der Waals surface area contributed by atoms with Crippen LogP contribution in [0.25, 0.3) is 0 Å². The Balaban J connectivity index is 2.24. The van der Waals surface area contributed by atoms with Gasteiger partial charge in [0.15, 0.2) is 0 Å². The average Bonchev–Trinajstić information content (AvgIpc) is 3.03. The highest BCUT2D eigenvalue weighted by Gasteiger charge is 2.30. The summed E-state index contributed by atoms with van der Waals surface area (Å²) < 4.78 is 1.76. The van der Waals surface area contributed by atoms with Crippen molar-refractivity contribution in [2.75, 3.05) is 13.2 Å². The van der Waals surface area contributed by atoms with Crippen molar-refractivity contribution in [1.29, 1.82) is 0 Å². The van der Waals surface area contributed by atoms with Crippen molar-refractivity contribution in [3.8, 4) is 0 Å². The molecule has 2 rings (SSSR count). The maximum Gasteiger partial charge on any atom is 0.272 e. The lowest BCUT2D eigenvalue weighted by Gasteiger charge is -2.23. The number of aliphatic hydroxyl groups is 1. The summed E-state index contributed by atoms with van der Waals surface area (Å²) in [5.41, 5.74) is 1.59. The Morgan fingerprint density at radius 2 is 2.33 bits per heavy atom. The number of hydrogen-bond donors (Lipinski definition) is 1. The molecule has 1 N–H and O–H groups in total. The molecular formula is C13H21N3O2. The Labute approximate surface area is 107 Å². The number of nitrogens with zero attached hydrogens (tertiary/aromatic N) is 3. The van der Waals surface area contributed by atoms with Gasteiger partial charge in [-0.1, -0.05) is 6.92 Å². The van der Waals surface area contributed by atoms with E-state index in [0.29, 0.717) is 12.2 Å². The fourth-order valence-corrected chi connectivity index (χ4v) is 2.50. The molecule has 0 saturated carbocycles. The number of likely N-dealkylation sites (tertiary alicyclic amines) is 1. The second-order valence-corrected chi connectivity index (χ2v) is 4.67. The van der Waals surface area contributed by atoms with E-state index in [1.54, 1.807) is 9.58 Å². The molecule has 0 aromatic carbocycles. The predicted molar refractivity (Wildman–Crippen MR) is 68.4 cm³/mol. The van der Waals surface area contributed by atoms with Crippen molar-refractivity contribution < 1.29 is 9.90 Å². The first-order chi connectivity index (χ1) is 8.71. The molecule has 1 aromatic heterocycles. The largest absolute Gasteiger partial charge is 0.394 e. The van der Waals surface area contributed by atoms with Crippen molar-refractivity contribution in [2.24, 2.45) is 0 Å². The number of rotatable bonds is 4. The molecule has 0 bridgehead atoms. The molecule has 1 atom stereocenters. The molecule has 2 heterocycles. The van der Waals surface area contributed by atoms with Crippen LogP contribution < -0.4 is 0 Å². The van der Waals surface area contributed by atoms with E-state index in [0.717, 1.165) is 31.5 Å². The summed E-state index contributed by atoms with van der Waals surface area (Å²) in [4.78, 5) is 14.3. The van der Waals surface area contributed by atoms with Crippen LogP contribution in [0.15, 0.2) is 6.07 Å². The van der Waals surface area contributed by atoms with E-state index in [2.05, 4.69) is 5.10 Å². The van der Waals surface area contributed by atoms with E-state index in [9.17, 15) is 9.90 Å². The third-order valence-electron chi connectivity index (χ3n) is 3.56. The zero-order valence-electron chi connectivity index (χ0n) is 11.1. The van der Waals surface area contributed by atoms with Crippen molar-refractivity contribution in [3.05, 3.63) is 17.5 Å². The highest BCUT2D eigenvalue weighted by molar-refractivity contribution is 5.93. The zero-order valence-corrected chi connectivity index (χ0v) is 11.1. The second-order valence-electron chi connectivity index (χ2n) is 4.67. The highest BCUT2D eigenvalue weighted by Crippen LogP contribution is 2.20. The normalized spacial score (nSPS) is 19.5. The first kappa shape index (κ1) is 13.1. The lowest BCUT2D eigenvalue weighted by Crippen LogP contribution is -2.38. The van der Waals surface area contributed by atoms with E-state index in [1.807, 2.05) is 19.9 Å². The summed E-state index contributed by atoms with van der Waals surface area (Å²) in [5.74, 6) is 0.000556. The topological polar surface area (TPSA) is 58.4 Å². The molecule has 1 fully saturated rings. The SMILES string of the molecule is CCc1cc(C(=O)N2CCC[C@H]2CO)n(CC)n1. The van der Waals surface area contributed by atoms with Crippen LogP contribution in [0, 0.1) is 0 Å². The smallest absolute Gasteiger partial charge is 0.272 e. The van der Waals surface area contributed by atoms with Crippen LogP contribution in [0.1, 0.15) is 42.9 Å². The van der Waals surface area contributed by atoms with Crippen LogP contribution >= 0.6 is 0 Å². The average molecular weight is 251 g/mol. The Hall–Kier alpha value is -1.36. The van der Waals surface area contributed by atoms with E-state index in [4.69, 9.17) is 0 Å². The molecule has 0 spiro atoms. The molecule has 1 aliphatic heterocycles. The van der Waals surface area contributed by atoms with Gasteiger partial charge in [-0.05, 0) is 32.3 Å². The van der Waals surface area contributed by atoms with Gasteiger partial charge in [0.05, 0.1) is 18.3 Å². The van der Waals surface area contributed by atoms with E-state index in [1.165, 1.54) is 0 Å². The number of carbonyl (C=O) groups excluding carboxylic acids is 1. The lowest BCUT2D eigenvalue weighted by atomic mass is 10.2. The lowest BCUT2D eigenvalue weighted by molar-refractivity contribution is 0.0665. The Morgan fingerprint density at radius 1 is 1.56 bits per heavy atom. The first-order valence-electron chi connectivity index (χ1n) is 6.69. The predicted octanol–water partition coefficient (Wildman–Crippen LogP) is 1.06. The standard InChI is InChI=1S/C13H21N3O2/c1-3-10-8-12(16(4-2)14-10)13(18)15-7-5-6-11(15)9-17/h8,11,17H,3-7,9H2,1-2H3/t11-/m0/s1. The van der Waals surface area contributed by atoms with Gasteiger partial charge < -0.3 is 10.0 Å². The van der Waals surface area contributed by atoms with Gasteiger partial charge in [0.25, 0.3) is 5.91 Å². The molecule has 1 aliphatic rings. The van der Waals surface area contributed by atoms with Crippen LogP contribution in [-0.4, -0.2) is 44.9 Å². The second kappa shape index (κ2) is 5.52. The number of aryl methyl sites for hydroxylation is 2. The molecule has 1 saturated heterocycles. The maximum atomic E-state index is 12.5. The third kappa shape index (κ3) is 2.27. The number of aliphatic hydroxyl groups excluding tert-OH is 1. The molecule has 0 unspecified atom stereocenters. The quantitative estimate of drug-likeness (QED) is 0.870. The molecule has 0 radical (unpaired) electrons. The van der Waals surface area contributed by atoms with Gasteiger partial charge in [-0.25, -0.2) is 0 Å². The van der Waals surface area contributed by atoms with E-state index in [-0.39, 0.29) is 18.6 Å². The summed E-state index contributed by atoms with van der Waals surface area (Å²) in [5, 5.41) is 13.7. The van der Waals surface area contributed by atoms with Crippen molar-refractivity contribution in [3.63, 3.8) is 0 Å². The van der Waals surface area contributed by atoms with E-state index < -0.39 is 0 Å². The van der Waals surface area contributed by atoms with Gasteiger partial charge in [-0.15, -0.1) is 0 Å². The van der Waals surface area contributed by atoms with Crippen molar-refractivity contribution >= 4 is 5.91 Å². The molecule has 1 aromatic rings. The van der Waals surface area contributed by atoms with Crippen LogP contribution in [-0.2, 0) is 13.0 Å². The summed E-state index contributed by atoms with van der Waals surface area (Å²) >= 11 is 0. The minimum Gasteiger partial charge on any atom is -0.394 e. The monoisotopic (exact) mass is 251 g/mol. The third-order valence-corrected chi connectivity index (χ3v) is 3.56. The molecule has 100 valence electrons. The number of carbonyl (C=O) groups is 1. The zero-order chi connectivity index (χ0) is 13.1. The number of amides is 1. The van der Waals surface area contributed by atoms with Gasteiger partial charge in [0.2, 0.25) is 0 Å². The van der Waals surface area contributed by atoms with Crippen molar-refractivity contribution in [2.45, 2.75) is 45.7 Å². The molecule has 5 heteroatoms. The molecule has 18 heavy (non-hydrogen) atoms. The fourth-order valence-electron chi connectivity index (χ4n) is 2.50. The van der Waals surface area contributed by atoms with Gasteiger partial charge >= 0.3 is 0 Å². The Bertz CT molecular complexity index is 428. The number of hydrogen-bond acceptors (Lipinski definition) is 3. The molecule has 1 amide bonds. The van der Waals surface area contributed by atoms with Crippen LogP contribution in [0.5, 0.6) is 0 Å². The van der Waals surface area contributed by atoms with Gasteiger partial charge in [0, 0.05) is 13.1 Å². The molecule has 0 aliphatic carbocycles. The highest BCUT2D eigenvalue weighted by atomic mass is 16.3. The van der Waals surface area contributed by atoms with Crippen molar-refractivity contribution in [1.82, 2.24) is 14.7 Å². The maximum absolute atomic E-state index is 12.5. The first-order valence-corrected chi connectivity index (χ1v) is 6.69. The fraction of sp³-hybridized carbons (Fsp3) is 0.692. The van der Waals surface area contributed by atoms with E-state index >= 15 is 0 Å². The van der Waals surface area contributed by atoms with Gasteiger partial charge in [-0.2, -0.15) is 5.10 Å². The minimum atomic E-state index is -0.0252. The van der Waals surface area contributed by atoms with Crippen LogP contribution in [0.3, 0.4) is 0 Å². The van der Waals surface area contributed by atoms with Gasteiger partial charge in [-0.3, -0.25) is 9.48 Å². The summed E-state index contributed by atoms with van der Waals surface area (Å²) in [6.45, 7) is 5.49. The Morgan fingerprint density at radius 3 is 2.94 bits per heavy atom. The van der Waals surface area contributed by atoms with Gasteiger partial charge in [0.1, 0.15) is 5.69 Å².